The molecule has 0 aromatic heterocycles. The lowest BCUT2D eigenvalue weighted by molar-refractivity contribution is -0.122. The van der Waals surface area contributed by atoms with Crippen LogP contribution in [0.1, 0.15) is 32.3 Å². The molecule has 0 bridgehead atoms. The van der Waals surface area contributed by atoms with Crippen LogP contribution in [0.15, 0.2) is 48.5 Å². The van der Waals surface area contributed by atoms with Crippen molar-refractivity contribution in [2.45, 2.75) is 39.3 Å². The third kappa shape index (κ3) is 4.90. The van der Waals surface area contributed by atoms with Gasteiger partial charge in [-0.3, -0.25) is 9.69 Å². The van der Waals surface area contributed by atoms with Crippen molar-refractivity contribution in [1.29, 1.82) is 0 Å². The van der Waals surface area contributed by atoms with Crippen LogP contribution in [0.25, 0.3) is 0 Å². The van der Waals surface area contributed by atoms with Gasteiger partial charge in [0.15, 0.2) is 0 Å². The first-order valence-corrected chi connectivity index (χ1v) is 9.92. The van der Waals surface area contributed by atoms with Gasteiger partial charge in [0.1, 0.15) is 11.6 Å². The Morgan fingerprint density at radius 3 is 2.54 bits per heavy atom. The minimum absolute atomic E-state index is 0.0727. The molecule has 150 valence electrons. The first kappa shape index (κ1) is 20.3. The quantitative estimate of drug-likeness (QED) is 0.736. The van der Waals surface area contributed by atoms with Crippen LogP contribution in [0.2, 0.25) is 0 Å². The molecule has 3 rings (SSSR count). The summed E-state index contributed by atoms with van der Waals surface area (Å²) >= 11 is 0. The zero-order chi connectivity index (χ0) is 20.1. The fraction of sp³-hybridized carbons (Fsp3) is 0.435. The van der Waals surface area contributed by atoms with E-state index in [1.807, 2.05) is 49.1 Å². The smallest absolute Gasteiger partial charge is 0.229 e. The van der Waals surface area contributed by atoms with Crippen molar-refractivity contribution in [1.82, 2.24) is 4.90 Å². The lowest BCUT2D eigenvalue weighted by Gasteiger charge is -2.39. The molecule has 1 fully saturated rings. The van der Waals surface area contributed by atoms with Gasteiger partial charge in [0.05, 0.1) is 7.11 Å². The number of carbonyl (C=O) groups excluding carboxylic acids is 1. The number of likely N-dealkylation sites (tertiary alicyclic amines) is 1. The number of hydrogen-bond acceptors (Lipinski definition) is 3. The average molecular weight is 384 g/mol. The normalized spacial score (nSPS) is 15.6. The van der Waals surface area contributed by atoms with Gasteiger partial charge < -0.3 is 9.64 Å². The summed E-state index contributed by atoms with van der Waals surface area (Å²) < 4.78 is 18.8. The van der Waals surface area contributed by atoms with E-state index in [0.29, 0.717) is 0 Å². The minimum atomic E-state index is -0.195. The van der Waals surface area contributed by atoms with Gasteiger partial charge in [-0.1, -0.05) is 32.0 Å². The van der Waals surface area contributed by atoms with Crippen LogP contribution in [0.3, 0.4) is 0 Å². The summed E-state index contributed by atoms with van der Waals surface area (Å²) in [5.41, 5.74) is 1.88. The highest BCUT2D eigenvalue weighted by atomic mass is 19.1. The summed E-state index contributed by atoms with van der Waals surface area (Å²) in [7, 11) is 1.64. The third-order valence-corrected chi connectivity index (χ3v) is 5.28. The molecule has 1 heterocycles. The molecular weight excluding hydrogens is 355 g/mol. The zero-order valence-corrected chi connectivity index (χ0v) is 16.9. The van der Waals surface area contributed by atoms with E-state index in [1.54, 1.807) is 19.2 Å². The van der Waals surface area contributed by atoms with Crippen LogP contribution in [0.5, 0.6) is 5.75 Å². The first-order chi connectivity index (χ1) is 13.5. The largest absolute Gasteiger partial charge is 0.497 e. The van der Waals surface area contributed by atoms with Crippen molar-refractivity contribution >= 4 is 11.6 Å². The first-order valence-electron chi connectivity index (χ1n) is 9.92. The Morgan fingerprint density at radius 2 is 1.89 bits per heavy atom. The molecule has 0 N–H and O–H groups in total. The number of halogens is 1. The summed E-state index contributed by atoms with van der Waals surface area (Å²) in [5.74, 6) is 0.620. The van der Waals surface area contributed by atoms with E-state index in [2.05, 4.69) is 4.90 Å². The molecular formula is C23H29FN2O2. The van der Waals surface area contributed by atoms with Gasteiger partial charge in [0, 0.05) is 43.3 Å². The van der Waals surface area contributed by atoms with Crippen LogP contribution >= 0.6 is 0 Å². The molecule has 1 saturated heterocycles. The second-order valence-corrected chi connectivity index (χ2v) is 7.70. The molecule has 0 atom stereocenters. The average Bonchev–Trinajstić information content (AvgIpc) is 2.69. The molecule has 0 unspecified atom stereocenters. The maximum Gasteiger partial charge on any atom is 0.229 e. The Morgan fingerprint density at radius 1 is 1.18 bits per heavy atom. The third-order valence-electron chi connectivity index (χ3n) is 5.28. The van der Waals surface area contributed by atoms with E-state index in [0.717, 1.165) is 49.5 Å². The number of ether oxygens (including phenoxy) is 1. The van der Waals surface area contributed by atoms with Crippen molar-refractivity contribution in [3.8, 4) is 5.75 Å². The molecule has 1 amide bonds. The number of amides is 1. The van der Waals surface area contributed by atoms with E-state index < -0.39 is 0 Å². The van der Waals surface area contributed by atoms with Gasteiger partial charge in [-0.2, -0.15) is 0 Å². The lowest BCUT2D eigenvalue weighted by Crippen LogP contribution is -2.48. The van der Waals surface area contributed by atoms with Crippen molar-refractivity contribution < 1.29 is 13.9 Å². The predicted molar refractivity (Wildman–Crippen MR) is 110 cm³/mol. The molecule has 1 aliphatic heterocycles. The van der Waals surface area contributed by atoms with Gasteiger partial charge in [0.25, 0.3) is 0 Å². The monoisotopic (exact) mass is 384 g/mol. The summed E-state index contributed by atoms with van der Waals surface area (Å²) in [4.78, 5) is 17.3. The molecule has 2 aromatic rings. The Balaban J connectivity index is 1.71. The number of nitrogens with zero attached hydrogens (tertiary/aromatic N) is 2. The summed E-state index contributed by atoms with van der Waals surface area (Å²) in [6.45, 7) is 6.38. The molecule has 1 aliphatic rings. The Hall–Kier alpha value is -2.40. The molecule has 4 nitrogen and oxygen atoms in total. The van der Waals surface area contributed by atoms with Gasteiger partial charge in [-0.05, 0) is 42.7 Å². The fourth-order valence-corrected chi connectivity index (χ4v) is 3.79. The molecule has 0 saturated carbocycles. The standard InChI is InChI=1S/C23H29FN2O2/c1-17(2)23(27)26(21-8-5-9-22(15-21)28-3)20-10-12-25(13-11-20)16-18-6-4-7-19(24)14-18/h4-9,14-15,17,20H,10-13,16H2,1-3H3. The highest BCUT2D eigenvalue weighted by Crippen LogP contribution is 2.29. The number of carbonyl (C=O) groups is 1. The number of methoxy groups -OCH3 is 1. The van der Waals surface area contributed by atoms with Crippen molar-refractivity contribution in [2.24, 2.45) is 5.92 Å². The SMILES string of the molecule is COc1cccc(N(C(=O)C(C)C)C2CCN(Cc3cccc(F)c3)CC2)c1. The molecule has 0 aliphatic carbocycles. The number of piperidine rings is 1. The predicted octanol–water partition coefficient (Wildman–Crippen LogP) is 4.49. The number of anilines is 1. The number of hydrogen-bond donors (Lipinski definition) is 0. The van der Waals surface area contributed by atoms with Crippen LogP contribution in [-0.4, -0.2) is 37.0 Å². The highest BCUT2D eigenvalue weighted by Gasteiger charge is 2.30. The van der Waals surface area contributed by atoms with E-state index in [-0.39, 0.29) is 23.7 Å². The Kier molecular flexibility index (Phi) is 6.68. The number of rotatable bonds is 6. The van der Waals surface area contributed by atoms with Gasteiger partial charge in [-0.25, -0.2) is 4.39 Å². The van der Waals surface area contributed by atoms with Gasteiger partial charge in [0.2, 0.25) is 5.91 Å². The second kappa shape index (κ2) is 9.20. The summed E-state index contributed by atoms with van der Waals surface area (Å²) in [6.07, 6.45) is 1.79. The molecule has 0 spiro atoms. The maximum atomic E-state index is 13.4. The molecule has 2 aromatic carbocycles. The molecule has 28 heavy (non-hydrogen) atoms. The van der Waals surface area contributed by atoms with Gasteiger partial charge >= 0.3 is 0 Å². The summed E-state index contributed by atoms with van der Waals surface area (Å²) in [6, 6.07) is 14.7. The second-order valence-electron chi connectivity index (χ2n) is 7.70. The number of benzene rings is 2. The van der Waals surface area contributed by atoms with E-state index in [4.69, 9.17) is 4.74 Å². The van der Waals surface area contributed by atoms with E-state index in [1.165, 1.54) is 6.07 Å². The van der Waals surface area contributed by atoms with Crippen LogP contribution in [0, 0.1) is 11.7 Å². The van der Waals surface area contributed by atoms with Crippen molar-refractivity contribution in [2.75, 3.05) is 25.1 Å². The van der Waals surface area contributed by atoms with Crippen LogP contribution < -0.4 is 9.64 Å². The highest BCUT2D eigenvalue weighted by molar-refractivity contribution is 5.95. The summed E-state index contributed by atoms with van der Waals surface area (Å²) in [5, 5.41) is 0. The van der Waals surface area contributed by atoms with Gasteiger partial charge in [-0.15, -0.1) is 0 Å². The van der Waals surface area contributed by atoms with Crippen LogP contribution in [0.4, 0.5) is 10.1 Å². The van der Waals surface area contributed by atoms with Crippen molar-refractivity contribution in [3.63, 3.8) is 0 Å². The van der Waals surface area contributed by atoms with Crippen LogP contribution in [-0.2, 0) is 11.3 Å². The van der Waals surface area contributed by atoms with E-state index in [9.17, 15) is 9.18 Å². The Labute approximate surface area is 166 Å². The van der Waals surface area contributed by atoms with Crippen molar-refractivity contribution in [3.05, 3.63) is 59.9 Å². The van der Waals surface area contributed by atoms with E-state index >= 15 is 0 Å². The lowest BCUT2D eigenvalue weighted by atomic mass is 9.99. The zero-order valence-electron chi connectivity index (χ0n) is 16.9. The molecule has 5 heteroatoms. The minimum Gasteiger partial charge on any atom is -0.497 e. The fourth-order valence-electron chi connectivity index (χ4n) is 3.79. The maximum absolute atomic E-state index is 13.4. The topological polar surface area (TPSA) is 32.8 Å². The molecule has 0 radical (unpaired) electrons. The Bertz CT molecular complexity index is 801.